The number of ether oxygens (including phenoxy) is 1. The number of benzene rings is 1. The van der Waals surface area contributed by atoms with Crippen molar-refractivity contribution in [2.75, 3.05) is 24.6 Å². The van der Waals surface area contributed by atoms with Gasteiger partial charge in [-0.1, -0.05) is 13.0 Å². The second-order valence-electron chi connectivity index (χ2n) is 4.77. The fourth-order valence-electron chi connectivity index (χ4n) is 2.24. The summed E-state index contributed by atoms with van der Waals surface area (Å²) >= 11 is 0. The highest BCUT2D eigenvalue weighted by molar-refractivity contribution is 5.70. The number of rotatable bonds is 5. The van der Waals surface area contributed by atoms with Gasteiger partial charge in [0.1, 0.15) is 5.69 Å². The summed E-state index contributed by atoms with van der Waals surface area (Å²) in [6.07, 6.45) is -1.03. The molecule has 1 heterocycles. The molecular weight excluding hydrogens is 264 g/mol. The normalized spacial score (nSPS) is 22.1. The first-order valence-electron chi connectivity index (χ1n) is 6.55. The van der Waals surface area contributed by atoms with Crippen LogP contribution in [0.15, 0.2) is 18.2 Å². The average Bonchev–Trinajstić information content (AvgIpc) is 2.75. The van der Waals surface area contributed by atoms with Crippen molar-refractivity contribution in [1.82, 2.24) is 0 Å². The molecule has 7 nitrogen and oxygen atoms in total. The molecule has 110 valence electrons. The van der Waals surface area contributed by atoms with Gasteiger partial charge in [-0.3, -0.25) is 10.1 Å². The molecule has 1 aliphatic heterocycles. The number of aliphatic hydroxyl groups is 2. The molecule has 1 aliphatic rings. The van der Waals surface area contributed by atoms with E-state index in [0.717, 1.165) is 6.42 Å². The van der Waals surface area contributed by atoms with Crippen LogP contribution in [0.25, 0.3) is 0 Å². The van der Waals surface area contributed by atoms with Crippen LogP contribution < -0.4 is 9.64 Å². The maximum atomic E-state index is 11.3. The summed E-state index contributed by atoms with van der Waals surface area (Å²) in [5, 5.41) is 30.5. The number of nitro groups is 1. The van der Waals surface area contributed by atoms with E-state index in [0.29, 0.717) is 12.3 Å². The molecule has 2 unspecified atom stereocenters. The number of nitro benzene ring substituents is 1. The molecule has 0 radical (unpaired) electrons. The smallest absolute Gasteiger partial charge is 0.333 e. The minimum atomic E-state index is -0.894. The summed E-state index contributed by atoms with van der Waals surface area (Å²) < 4.78 is 5.41. The van der Waals surface area contributed by atoms with Crippen molar-refractivity contribution in [3.05, 3.63) is 28.3 Å². The van der Waals surface area contributed by atoms with Gasteiger partial charge in [-0.2, -0.15) is 0 Å². The summed E-state index contributed by atoms with van der Waals surface area (Å²) in [4.78, 5) is 12.4. The second-order valence-corrected chi connectivity index (χ2v) is 4.77. The topological polar surface area (TPSA) is 96.1 Å². The van der Waals surface area contributed by atoms with Gasteiger partial charge in [0.25, 0.3) is 0 Å². The van der Waals surface area contributed by atoms with Gasteiger partial charge in [-0.25, -0.2) is 0 Å². The first kappa shape index (κ1) is 14.5. The number of nitrogens with zero attached hydrogens (tertiary/aromatic N) is 2. The van der Waals surface area contributed by atoms with Crippen molar-refractivity contribution in [3.63, 3.8) is 0 Å². The zero-order chi connectivity index (χ0) is 14.7. The molecule has 0 saturated carbocycles. The third-order valence-corrected chi connectivity index (χ3v) is 3.22. The van der Waals surface area contributed by atoms with Crippen LogP contribution in [0.2, 0.25) is 0 Å². The van der Waals surface area contributed by atoms with Gasteiger partial charge in [0.15, 0.2) is 5.75 Å². The van der Waals surface area contributed by atoms with Gasteiger partial charge < -0.3 is 19.8 Å². The van der Waals surface area contributed by atoms with E-state index in [9.17, 15) is 20.3 Å². The van der Waals surface area contributed by atoms with Crippen LogP contribution in [0.4, 0.5) is 11.4 Å². The van der Waals surface area contributed by atoms with E-state index in [-0.39, 0.29) is 24.5 Å². The highest BCUT2D eigenvalue weighted by Crippen LogP contribution is 2.38. The Hall–Kier alpha value is -1.86. The number of hydrogen-bond acceptors (Lipinski definition) is 6. The summed E-state index contributed by atoms with van der Waals surface area (Å²) in [5.74, 6) is 0.213. The SMILES string of the molecule is CCCOc1cccc(N2CC(O)C(O)C2)c1[N+](=O)[O-]. The Bertz CT molecular complexity index is 484. The summed E-state index contributed by atoms with van der Waals surface area (Å²) in [7, 11) is 0. The minimum absolute atomic E-state index is 0.123. The predicted octanol–water partition coefficient (Wildman–Crippen LogP) is 0.925. The highest BCUT2D eigenvalue weighted by Gasteiger charge is 2.34. The molecular formula is C13H18N2O5. The Morgan fingerprint density at radius 3 is 2.60 bits per heavy atom. The number of aliphatic hydroxyl groups excluding tert-OH is 2. The molecule has 1 aromatic carbocycles. The minimum Gasteiger partial charge on any atom is -0.487 e. The van der Waals surface area contributed by atoms with Crippen molar-refractivity contribution in [1.29, 1.82) is 0 Å². The highest BCUT2D eigenvalue weighted by atomic mass is 16.6. The molecule has 1 aromatic rings. The molecule has 2 rings (SSSR count). The van der Waals surface area contributed by atoms with E-state index in [1.165, 1.54) is 0 Å². The van der Waals surface area contributed by atoms with E-state index >= 15 is 0 Å². The monoisotopic (exact) mass is 282 g/mol. The van der Waals surface area contributed by atoms with Crippen molar-refractivity contribution in [3.8, 4) is 5.75 Å². The second kappa shape index (κ2) is 6.06. The molecule has 0 amide bonds. The standard InChI is InChI=1S/C13H18N2O5/c1-2-6-20-12-5-3-4-9(13(12)15(18)19)14-7-10(16)11(17)8-14/h3-5,10-11,16-17H,2,6-8H2,1H3. The number of β-amino-alcohol motifs (C(OH)–C–C–N with tert-alkyl or cyclic N) is 2. The molecule has 0 bridgehead atoms. The van der Waals surface area contributed by atoms with Gasteiger partial charge in [-0.05, 0) is 18.6 Å². The van der Waals surface area contributed by atoms with Crippen LogP contribution in [-0.2, 0) is 0 Å². The zero-order valence-electron chi connectivity index (χ0n) is 11.2. The van der Waals surface area contributed by atoms with Gasteiger partial charge in [0, 0.05) is 13.1 Å². The summed E-state index contributed by atoms with van der Waals surface area (Å²) in [5.41, 5.74) is 0.237. The molecule has 0 spiro atoms. The van der Waals surface area contributed by atoms with Crippen molar-refractivity contribution in [2.45, 2.75) is 25.6 Å². The summed E-state index contributed by atoms with van der Waals surface area (Å²) in [6.45, 7) is 2.65. The molecule has 2 N–H and O–H groups in total. The predicted molar refractivity (Wildman–Crippen MR) is 73.1 cm³/mol. The maximum Gasteiger partial charge on any atom is 0.333 e. The maximum absolute atomic E-state index is 11.3. The first-order chi connectivity index (χ1) is 9.54. The molecule has 7 heteroatoms. The largest absolute Gasteiger partial charge is 0.487 e. The Kier molecular flexibility index (Phi) is 4.41. The molecule has 0 aliphatic carbocycles. The van der Waals surface area contributed by atoms with Gasteiger partial charge >= 0.3 is 5.69 Å². The van der Waals surface area contributed by atoms with Crippen LogP contribution in [0.3, 0.4) is 0 Å². The van der Waals surface area contributed by atoms with Crippen LogP contribution in [0.1, 0.15) is 13.3 Å². The quantitative estimate of drug-likeness (QED) is 0.616. The summed E-state index contributed by atoms with van der Waals surface area (Å²) in [6, 6.07) is 4.83. The fraction of sp³-hybridized carbons (Fsp3) is 0.538. The van der Waals surface area contributed by atoms with E-state index in [1.807, 2.05) is 6.92 Å². The van der Waals surface area contributed by atoms with E-state index in [4.69, 9.17) is 4.74 Å². The number of para-hydroxylation sites is 1. The van der Waals surface area contributed by atoms with Gasteiger partial charge in [0.05, 0.1) is 23.7 Å². The molecule has 1 saturated heterocycles. The Morgan fingerprint density at radius 1 is 1.40 bits per heavy atom. The van der Waals surface area contributed by atoms with Crippen LogP contribution in [-0.4, -0.2) is 47.0 Å². The third-order valence-electron chi connectivity index (χ3n) is 3.22. The lowest BCUT2D eigenvalue weighted by Crippen LogP contribution is -2.22. The number of hydrogen-bond donors (Lipinski definition) is 2. The van der Waals surface area contributed by atoms with Gasteiger partial charge in [0.2, 0.25) is 0 Å². The van der Waals surface area contributed by atoms with E-state index in [1.54, 1.807) is 23.1 Å². The molecule has 0 aromatic heterocycles. The Balaban J connectivity index is 2.35. The van der Waals surface area contributed by atoms with E-state index < -0.39 is 17.1 Å². The molecule has 1 fully saturated rings. The molecule has 2 atom stereocenters. The zero-order valence-corrected chi connectivity index (χ0v) is 11.2. The fourth-order valence-corrected chi connectivity index (χ4v) is 2.24. The third kappa shape index (κ3) is 2.83. The van der Waals surface area contributed by atoms with Gasteiger partial charge in [-0.15, -0.1) is 0 Å². The van der Waals surface area contributed by atoms with Crippen LogP contribution in [0, 0.1) is 10.1 Å². The average molecular weight is 282 g/mol. The lowest BCUT2D eigenvalue weighted by atomic mass is 10.2. The lowest BCUT2D eigenvalue weighted by Gasteiger charge is -2.18. The molecule has 20 heavy (non-hydrogen) atoms. The lowest BCUT2D eigenvalue weighted by molar-refractivity contribution is -0.385. The Labute approximate surface area is 116 Å². The van der Waals surface area contributed by atoms with Crippen LogP contribution >= 0.6 is 0 Å². The number of anilines is 1. The van der Waals surface area contributed by atoms with Crippen LogP contribution in [0.5, 0.6) is 5.75 Å². The van der Waals surface area contributed by atoms with Crippen molar-refractivity contribution < 1.29 is 19.9 Å². The first-order valence-corrected chi connectivity index (χ1v) is 6.55. The van der Waals surface area contributed by atoms with Crippen molar-refractivity contribution >= 4 is 11.4 Å². The van der Waals surface area contributed by atoms with E-state index in [2.05, 4.69) is 0 Å². The Morgan fingerprint density at radius 2 is 2.05 bits per heavy atom. The van der Waals surface area contributed by atoms with Crippen molar-refractivity contribution in [2.24, 2.45) is 0 Å².